The van der Waals surface area contributed by atoms with Crippen LogP contribution in [0.15, 0.2) is 170 Å². The number of nitrogens with zero attached hydrogens (tertiary/aromatic N) is 5. The van der Waals surface area contributed by atoms with Crippen LogP contribution in [0.5, 0.6) is 11.5 Å². The van der Waals surface area contributed by atoms with E-state index in [1.165, 1.54) is 100 Å². The molecule has 36 heteroatoms. The Morgan fingerprint density at radius 2 is 0.938 bits per heavy atom. The largest absolute Gasteiger partial charge is 0.508 e. The van der Waals surface area contributed by atoms with E-state index < -0.39 is 198 Å². The lowest BCUT2D eigenvalue weighted by atomic mass is 9.98. The highest BCUT2D eigenvalue weighted by Crippen LogP contribution is 2.25. The Hall–Kier alpha value is -13.0. The minimum atomic E-state index is -1.64. The van der Waals surface area contributed by atoms with Crippen molar-refractivity contribution in [3.63, 3.8) is 0 Å². The number of rotatable bonds is 23. The van der Waals surface area contributed by atoms with Crippen molar-refractivity contribution in [2.24, 2.45) is 17.6 Å². The Kier molecular flexibility index (Phi) is 39.0. The zero-order chi connectivity index (χ0) is 95.2. The number of H-pyrrole nitrogens is 1. The lowest BCUT2D eigenvalue weighted by Crippen LogP contribution is -2.62. The number of carbonyl (C=O) groups excluding carboxylic acids is 15. The molecule has 2 heterocycles. The average molecular weight is 1830 g/mol. The number of aliphatic hydroxyl groups excluding tert-OH is 1. The summed E-state index contributed by atoms with van der Waals surface area (Å²) in [5.74, 6) is -15.2. The number of aromatic hydroxyl groups is 2. The van der Waals surface area contributed by atoms with Gasteiger partial charge < -0.3 is 98.4 Å². The number of unbranched alkanes of at least 4 members (excludes halogenated alkanes) is 1. The number of amides is 15. The number of aromatic nitrogens is 1. The van der Waals surface area contributed by atoms with Crippen LogP contribution in [0, 0.1) is 11.8 Å². The number of hydrogen-bond acceptors (Lipinski definition) is 18. The van der Waals surface area contributed by atoms with Gasteiger partial charge in [-0.3, -0.25) is 71.9 Å². The monoisotopic (exact) mass is 1820 g/mol. The smallest absolute Gasteiger partial charge is 0.246 e. The number of nitrogens with one attached hydrogen (secondary N) is 10. The third-order valence-electron chi connectivity index (χ3n) is 22.6. The van der Waals surface area contributed by atoms with Crippen molar-refractivity contribution in [2.45, 2.75) is 185 Å². The molecule has 696 valence electrons. The third-order valence-corrected chi connectivity index (χ3v) is 23.9. The van der Waals surface area contributed by atoms with E-state index in [0.717, 1.165) is 26.5 Å². The zero-order valence-corrected chi connectivity index (χ0v) is 76.9. The molecule has 1 aliphatic rings. The summed E-state index contributed by atoms with van der Waals surface area (Å²) in [7, 11) is 9.78. The number of carbonyl (C=O) groups is 15. The van der Waals surface area contributed by atoms with Gasteiger partial charge in [-0.2, -0.15) is 0 Å². The van der Waals surface area contributed by atoms with Crippen LogP contribution in [0.3, 0.4) is 0 Å². The molecule has 6 aromatic carbocycles. The second-order valence-corrected chi connectivity index (χ2v) is 35.1. The van der Waals surface area contributed by atoms with Crippen molar-refractivity contribution in [3.05, 3.63) is 203 Å². The summed E-state index contributed by atoms with van der Waals surface area (Å²) < 4.78 is 0. The van der Waals surface area contributed by atoms with Gasteiger partial charge in [-0.05, 0) is 95.3 Å². The van der Waals surface area contributed by atoms with E-state index in [2.05, 4.69) is 61.7 Å². The van der Waals surface area contributed by atoms with Gasteiger partial charge in [0.25, 0.3) is 0 Å². The SMILES string of the molecule is CCCC[C@H]1C(=O)N(C)CC(=O)N[C@@H](CC(O)=P)C(=O)N[C@@H](C(C)C)C(=O)N(C)[C@@H](Cc2ccccc2)C(=O)N[C@@H](Cc2ccc(O)cc2)C(=O)N(C)[C@H](C)C(=O)N[C@@H](Cc2c[nH]c3ccccc23)C(=O)N[C@@H](Cc2ccc(O)cc2)C(=O)N[C@@H](CC(C)C)C(=O)N[C@H](C(=O)NCC(N)=O)CSCC(=O)N[C@@H](Cc2ccccc2)C(=O)N(C)[C@@H](Cc2ccccc2)C(=O)N1C. The van der Waals surface area contributed by atoms with Gasteiger partial charge >= 0.3 is 0 Å². The Labute approximate surface area is 763 Å². The number of phenols is 2. The molecular formula is C94H121N16O18PS. The number of nitrogens with two attached hydrogens (primary N) is 1. The third kappa shape index (κ3) is 30.3. The molecule has 7 aromatic rings. The molecule has 1 aliphatic heterocycles. The number of hydrogen-bond donors (Lipinski definition) is 14. The molecule has 8 rings (SSSR count). The number of primary amides is 1. The van der Waals surface area contributed by atoms with Crippen molar-refractivity contribution < 1.29 is 87.2 Å². The molecule has 0 aliphatic carbocycles. The number of fused-ring (bicyclic) bond motifs is 1. The van der Waals surface area contributed by atoms with E-state index in [0.29, 0.717) is 57.1 Å². The topological polar surface area (TPSA) is 483 Å². The Morgan fingerprint density at radius 3 is 1.48 bits per heavy atom. The summed E-state index contributed by atoms with van der Waals surface area (Å²) in [5, 5.41) is 56.6. The van der Waals surface area contributed by atoms with E-state index in [-0.39, 0.29) is 74.5 Å². The van der Waals surface area contributed by atoms with Gasteiger partial charge in [0.15, 0.2) is 0 Å². The molecule has 12 atom stereocenters. The Morgan fingerprint density at radius 1 is 0.485 bits per heavy atom. The van der Waals surface area contributed by atoms with Crippen molar-refractivity contribution in [1.29, 1.82) is 0 Å². The molecule has 15 amide bonds. The van der Waals surface area contributed by atoms with Crippen molar-refractivity contribution in [1.82, 2.24) is 77.3 Å². The number of benzene rings is 6. The fourth-order valence-corrected chi connectivity index (χ4v) is 16.1. The number of phenolic OH excluding ortho intramolecular Hbond substituents is 2. The zero-order valence-electron chi connectivity index (χ0n) is 75.0. The first-order valence-corrected chi connectivity index (χ1v) is 44.8. The van der Waals surface area contributed by atoms with Crippen LogP contribution in [0.2, 0.25) is 0 Å². The summed E-state index contributed by atoms with van der Waals surface area (Å²) in [6, 6.07) is 26.6. The molecular weight excluding hydrogens is 1700 g/mol. The second-order valence-electron chi connectivity index (χ2n) is 33.5. The van der Waals surface area contributed by atoms with E-state index in [4.69, 9.17) is 5.73 Å². The van der Waals surface area contributed by atoms with Gasteiger partial charge in [-0.25, -0.2) is 0 Å². The number of aromatic amines is 1. The normalized spacial score (nSPS) is 22.4. The molecule has 1 aromatic heterocycles. The summed E-state index contributed by atoms with van der Waals surface area (Å²) >= 11 is 0.840. The molecule has 0 saturated carbocycles. The Bertz CT molecular complexity index is 5110. The fraction of sp³-hybridized carbons (Fsp3) is 0.426. The van der Waals surface area contributed by atoms with Crippen LogP contribution < -0.4 is 53.6 Å². The maximum atomic E-state index is 15.6. The predicted molar refractivity (Wildman–Crippen MR) is 494 cm³/mol. The molecule has 130 heavy (non-hydrogen) atoms. The van der Waals surface area contributed by atoms with Gasteiger partial charge in [-0.15, -0.1) is 11.8 Å². The summed E-state index contributed by atoms with van der Waals surface area (Å²) in [4.78, 5) is 232. The van der Waals surface area contributed by atoms with Gasteiger partial charge in [0.1, 0.15) is 84.0 Å². The van der Waals surface area contributed by atoms with Crippen LogP contribution in [0.4, 0.5) is 0 Å². The van der Waals surface area contributed by atoms with E-state index in [1.807, 2.05) is 6.92 Å². The molecule has 1 saturated heterocycles. The van der Waals surface area contributed by atoms with Crippen molar-refractivity contribution in [2.75, 3.05) is 59.8 Å². The first kappa shape index (κ1) is 102. The maximum Gasteiger partial charge on any atom is 0.246 e. The molecule has 0 bridgehead atoms. The number of para-hydroxylation sites is 1. The van der Waals surface area contributed by atoms with Crippen LogP contribution in [0.1, 0.15) is 107 Å². The Balaban J connectivity index is 1.22. The minimum Gasteiger partial charge on any atom is -0.508 e. The number of thioether (sulfide) groups is 1. The average Bonchev–Trinajstić information content (AvgIpc) is 1.67. The van der Waals surface area contributed by atoms with Crippen molar-refractivity contribution >= 4 is 126 Å². The van der Waals surface area contributed by atoms with Gasteiger partial charge in [0.05, 0.1) is 24.3 Å². The minimum absolute atomic E-state index is 0.0641. The molecule has 0 spiro atoms. The van der Waals surface area contributed by atoms with E-state index in [1.54, 1.807) is 149 Å². The predicted octanol–water partition coefficient (Wildman–Crippen LogP) is 3.28. The van der Waals surface area contributed by atoms with Crippen LogP contribution in [-0.4, -0.2) is 271 Å². The number of likely N-dealkylation sites (N-methyl/N-ethyl adjacent to an activating group) is 5. The summed E-state index contributed by atoms with van der Waals surface area (Å²) in [6.45, 7) is 8.57. The first-order valence-electron chi connectivity index (χ1n) is 43.2. The van der Waals surface area contributed by atoms with E-state index in [9.17, 15) is 39.3 Å². The van der Waals surface area contributed by atoms with Gasteiger partial charge in [0.2, 0.25) is 88.6 Å². The fourth-order valence-electron chi connectivity index (χ4n) is 15.1. The molecule has 0 unspecified atom stereocenters. The highest BCUT2D eigenvalue weighted by molar-refractivity contribution is 8.00. The standard InChI is InChI=1S/C94H121N16O18PS/c1-12-13-33-75-92(126)106(7)52-79(114)98-71(49-81(116)129)88(122)105-82(56(4)5)94(128)109(10)76(46-59-27-19-15-20-28-59)89(123)103-73(45-62-36-40-65(112)41-37-62)90(124)107(8)57(6)83(117)100-70(48-63-50-96-67-32-24-23-31-66(63)67)87(121)102-69(43-61-34-38-64(111)39-35-61)86(120)101-68(42-55(2)3)85(119)104-74(84(118)97-51-78(95)113)53-130-54-80(115)99-72(44-58-25-17-14-18-26-58)91(125)110(11)77(93(127)108(75)9)47-60-29-21-16-22-30-60/h14-32,34-41,50,55-57,68-77,82,96,111-112,116,129H,12-13,33,42-49,51-54H2,1-11H3,(H2,95,113)(H,97,118)(H,98,114)(H,99,115)(H,100,117)(H,101,120)(H,102,121)(H,103,123)(H,104,119)(H,105,122)/t57-,68+,69+,70+,71+,72+,73+,74+,75+,76+,77+,82+/m1/s1. The summed E-state index contributed by atoms with van der Waals surface area (Å²) in [5.41, 5.74) is 8.72. The van der Waals surface area contributed by atoms with Crippen molar-refractivity contribution in [3.8, 4) is 11.5 Å². The lowest BCUT2D eigenvalue weighted by Gasteiger charge is -2.37. The highest BCUT2D eigenvalue weighted by Gasteiger charge is 2.43. The number of aliphatic hydroxyl groups is 1. The quantitative estimate of drug-likeness (QED) is 0.0409. The molecule has 34 nitrogen and oxygen atoms in total. The molecule has 15 N–H and O–H groups in total. The highest BCUT2D eigenvalue weighted by atomic mass is 32.2. The van der Waals surface area contributed by atoms with E-state index >= 15 is 47.9 Å². The van der Waals surface area contributed by atoms with Crippen LogP contribution >= 0.6 is 20.6 Å². The molecule has 1 fully saturated rings. The van der Waals surface area contributed by atoms with Crippen LogP contribution in [-0.2, 0) is 110 Å². The molecule has 0 radical (unpaired) electrons. The lowest BCUT2D eigenvalue weighted by molar-refractivity contribution is -0.151. The maximum absolute atomic E-state index is 15.6. The van der Waals surface area contributed by atoms with Gasteiger partial charge in [-0.1, -0.05) is 190 Å². The second kappa shape index (κ2) is 49.5. The van der Waals surface area contributed by atoms with Gasteiger partial charge in [0, 0.05) is 103 Å². The summed E-state index contributed by atoms with van der Waals surface area (Å²) in [6.07, 6.45) is 0.752. The van der Waals surface area contributed by atoms with Crippen LogP contribution in [0.25, 0.3) is 10.9 Å². The first-order chi connectivity index (χ1) is 61.8.